The van der Waals surface area contributed by atoms with E-state index in [4.69, 9.17) is 0 Å². The van der Waals surface area contributed by atoms with Gasteiger partial charge in [0.2, 0.25) is 0 Å². The van der Waals surface area contributed by atoms with Crippen molar-refractivity contribution in [1.82, 2.24) is 9.13 Å². The summed E-state index contributed by atoms with van der Waals surface area (Å²) in [5.41, 5.74) is 18.5. The molecule has 2 aromatic heterocycles. The van der Waals surface area contributed by atoms with E-state index in [9.17, 15) is 0 Å². The average molecular weight is 596 g/mol. The van der Waals surface area contributed by atoms with Gasteiger partial charge in [0, 0.05) is 56.4 Å². The van der Waals surface area contributed by atoms with Crippen LogP contribution in [0.2, 0.25) is 0 Å². The predicted molar refractivity (Wildman–Crippen MR) is 197 cm³/mol. The number of benzene rings is 7. The van der Waals surface area contributed by atoms with Crippen molar-refractivity contribution in [1.29, 1.82) is 0 Å². The molecule has 0 fully saturated rings. The highest BCUT2D eigenvalue weighted by Gasteiger charge is 2.44. The molecule has 9 aromatic rings. The lowest BCUT2D eigenvalue weighted by atomic mass is 9.33. The summed E-state index contributed by atoms with van der Waals surface area (Å²) in [4.78, 5) is 2.56. The Kier molecular flexibility index (Phi) is 4.35. The van der Waals surface area contributed by atoms with Crippen molar-refractivity contribution in [2.75, 3.05) is 4.90 Å². The van der Waals surface area contributed by atoms with Gasteiger partial charge in [0.25, 0.3) is 6.71 Å². The largest absolute Gasteiger partial charge is 0.311 e. The summed E-state index contributed by atoms with van der Waals surface area (Å²) in [5, 5.41) is 5.24. The molecule has 0 spiro atoms. The zero-order valence-corrected chi connectivity index (χ0v) is 25.5. The Morgan fingerprint density at radius 1 is 0.468 bits per heavy atom. The Labute approximate surface area is 271 Å². The van der Waals surface area contributed by atoms with Gasteiger partial charge in [0.15, 0.2) is 0 Å². The molecule has 0 radical (unpaired) electrons. The maximum atomic E-state index is 2.59. The minimum absolute atomic E-state index is 0.125. The molecular weight excluding hydrogens is 569 g/mol. The third-order valence-electron chi connectivity index (χ3n) is 11.1. The Morgan fingerprint density at radius 3 is 2.04 bits per heavy atom. The van der Waals surface area contributed by atoms with E-state index in [-0.39, 0.29) is 6.71 Å². The van der Waals surface area contributed by atoms with Crippen LogP contribution in [0.4, 0.5) is 17.1 Å². The van der Waals surface area contributed by atoms with Crippen LogP contribution in [0.3, 0.4) is 0 Å². The Morgan fingerprint density at radius 2 is 1.17 bits per heavy atom. The van der Waals surface area contributed by atoms with Crippen LogP contribution < -0.4 is 21.3 Å². The van der Waals surface area contributed by atoms with Crippen molar-refractivity contribution in [3.8, 4) is 11.4 Å². The fraction of sp³-hybridized carbons (Fsp3) is 0.0233. The Hall–Kier alpha value is -6.00. The van der Waals surface area contributed by atoms with Crippen LogP contribution in [0, 0.1) is 0 Å². The lowest BCUT2D eigenvalue weighted by molar-refractivity contribution is 1.08. The minimum Gasteiger partial charge on any atom is -0.311 e. The van der Waals surface area contributed by atoms with Gasteiger partial charge in [-0.1, -0.05) is 103 Å². The third kappa shape index (κ3) is 2.83. The predicted octanol–water partition coefficient (Wildman–Crippen LogP) is 8.40. The second-order valence-electron chi connectivity index (χ2n) is 13.3. The van der Waals surface area contributed by atoms with E-state index in [0.29, 0.717) is 0 Å². The molecule has 47 heavy (non-hydrogen) atoms. The monoisotopic (exact) mass is 595 g/mol. The first kappa shape index (κ1) is 24.3. The summed E-state index contributed by atoms with van der Waals surface area (Å²) in [6.45, 7) is 0.125. The summed E-state index contributed by atoms with van der Waals surface area (Å²) in [7, 11) is 0. The summed E-state index contributed by atoms with van der Waals surface area (Å²) in [6, 6.07) is 54.3. The van der Waals surface area contributed by atoms with Crippen LogP contribution >= 0.6 is 0 Å². The average Bonchev–Trinajstić information content (AvgIpc) is 3.65. The fourth-order valence-corrected chi connectivity index (χ4v) is 9.35. The van der Waals surface area contributed by atoms with Crippen LogP contribution in [-0.4, -0.2) is 15.8 Å². The number of nitrogens with zero attached hydrogens (tertiary/aromatic N) is 3. The number of hydrogen-bond donors (Lipinski definition) is 0. The molecule has 0 atom stereocenters. The molecule has 12 rings (SSSR count). The Bertz CT molecular complexity index is 2840. The zero-order valence-electron chi connectivity index (χ0n) is 25.5. The first-order chi connectivity index (χ1) is 23.4. The third-order valence-corrected chi connectivity index (χ3v) is 11.1. The SMILES string of the molecule is c1ccc(-n2c3ccccc3c3cc4c5c(c6ccccc6n5-c5ccc6c7c5B4c4ccccc4N7c4ccccc4C6)c32)cc1. The van der Waals surface area contributed by atoms with E-state index in [1.165, 1.54) is 99.6 Å². The van der Waals surface area contributed by atoms with Crippen LogP contribution in [0.1, 0.15) is 11.1 Å². The van der Waals surface area contributed by atoms with Crippen molar-refractivity contribution in [2.45, 2.75) is 6.42 Å². The second kappa shape index (κ2) is 8.42. The maximum absolute atomic E-state index is 2.59. The van der Waals surface area contributed by atoms with Crippen molar-refractivity contribution in [3.63, 3.8) is 0 Å². The van der Waals surface area contributed by atoms with Gasteiger partial charge < -0.3 is 14.0 Å². The molecule has 0 bridgehead atoms. The molecule has 0 aliphatic carbocycles. The van der Waals surface area contributed by atoms with Crippen LogP contribution in [0.15, 0.2) is 146 Å². The number of hydrogen-bond acceptors (Lipinski definition) is 1. The molecule has 4 heteroatoms. The lowest BCUT2D eigenvalue weighted by Gasteiger charge is -2.44. The quantitative estimate of drug-likeness (QED) is 0.174. The maximum Gasteiger partial charge on any atom is 0.252 e. The molecule has 3 nitrogen and oxygen atoms in total. The molecule has 3 aliphatic heterocycles. The molecule has 0 N–H and O–H groups in total. The summed E-state index contributed by atoms with van der Waals surface area (Å²) in [6.07, 6.45) is 0.947. The summed E-state index contributed by atoms with van der Waals surface area (Å²) >= 11 is 0. The molecular formula is C43H26BN3. The van der Waals surface area contributed by atoms with Gasteiger partial charge in [0.1, 0.15) is 0 Å². The Balaban J connectivity index is 1.33. The van der Waals surface area contributed by atoms with E-state index < -0.39 is 0 Å². The standard InChI is InChI=1S/C43H26BN3/c1-2-13-28(14-3-1)45-35-19-9-5-15-29(35)31-25-33-43-39(42(31)45)30-16-6-10-20-36(30)47(43)38-23-22-27-24-26-12-4-8-18-34(26)46-37-21-11-7-17-32(37)44(33)40(38)41(27)46/h1-23,25H,24H2. The number of para-hydroxylation sites is 5. The number of fused-ring (bicyclic) bond motifs is 14. The van der Waals surface area contributed by atoms with Crippen LogP contribution in [0.25, 0.3) is 55.0 Å². The lowest BCUT2D eigenvalue weighted by Crippen LogP contribution is -2.61. The van der Waals surface area contributed by atoms with E-state index in [0.717, 1.165) is 6.42 Å². The molecule has 0 saturated carbocycles. The highest BCUT2D eigenvalue weighted by Crippen LogP contribution is 2.48. The first-order valence-corrected chi connectivity index (χ1v) is 16.5. The summed E-state index contributed by atoms with van der Waals surface area (Å²) < 4.78 is 5.08. The minimum atomic E-state index is 0.125. The van der Waals surface area contributed by atoms with Crippen LogP contribution in [-0.2, 0) is 6.42 Å². The van der Waals surface area contributed by atoms with Gasteiger partial charge in [-0.05, 0) is 70.0 Å². The van der Waals surface area contributed by atoms with Crippen LogP contribution in [0.5, 0.6) is 0 Å². The highest BCUT2D eigenvalue weighted by molar-refractivity contribution is 7.00. The molecule has 0 unspecified atom stereocenters. The normalized spacial score (nSPS) is 13.8. The molecule has 216 valence electrons. The molecule has 3 aliphatic rings. The van der Waals surface area contributed by atoms with Gasteiger partial charge in [-0.2, -0.15) is 0 Å². The first-order valence-electron chi connectivity index (χ1n) is 16.5. The van der Waals surface area contributed by atoms with Gasteiger partial charge in [-0.3, -0.25) is 0 Å². The molecule has 7 aromatic carbocycles. The van der Waals surface area contributed by atoms with Crippen molar-refractivity contribution in [3.05, 3.63) is 157 Å². The zero-order chi connectivity index (χ0) is 30.4. The molecule has 5 heterocycles. The number of rotatable bonds is 1. The molecule has 0 amide bonds. The van der Waals surface area contributed by atoms with Gasteiger partial charge in [-0.15, -0.1) is 0 Å². The molecule has 0 saturated heterocycles. The number of aromatic nitrogens is 2. The second-order valence-corrected chi connectivity index (χ2v) is 13.3. The van der Waals surface area contributed by atoms with E-state index >= 15 is 0 Å². The fourth-order valence-electron chi connectivity index (χ4n) is 9.35. The summed E-state index contributed by atoms with van der Waals surface area (Å²) in [5.74, 6) is 0. The topological polar surface area (TPSA) is 13.1 Å². The van der Waals surface area contributed by atoms with Gasteiger partial charge in [-0.25, -0.2) is 0 Å². The van der Waals surface area contributed by atoms with E-state index in [2.05, 4.69) is 160 Å². The van der Waals surface area contributed by atoms with E-state index in [1.54, 1.807) is 0 Å². The van der Waals surface area contributed by atoms with Crippen molar-refractivity contribution in [2.24, 2.45) is 0 Å². The van der Waals surface area contributed by atoms with Gasteiger partial charge >= 0.3 is 0 Å². The smallest absolute Gasteiger partial charge is 0.252 e. The highest BCUT2D eigenvalue weighted by atomic mass is 15.2. The van der Waals surface area contributed by atoms with Gasteiger partial charge in [0.05, 0.1) is 22.1 Å². The van der Waals surface area contributed by atoms with Crippen molar-refractivity contribution < 1.29 is 0 Å². The van der Waals surface area contributed by atoms with Crippen molar-refractivity contribution >= 4 is 83.8 Å². The van der Waals surface area contributed by atoms with E-state index in [1.807, 2.05) is 0 Å². The number of anilines is 3.